The van der Waals surface area contributed by atoms with E-state index in [0.717, 1.165) is 11.3 Å². The van der Waals surface area contributed by atoms with E-state index in [0.29, 0.717) is 24.5 Å². The normalized spacial score (nSPS) is 13.6. The maximum atomic E-state index is 11.0. The summed E-state index contributed by atoms with van der Waals surface area (Å²) < 4.78 is 0. The van der Waals surface area contributed by atoms with Gasteiger partial charge in [-0.25, -0.2) is 4.99 Å². The quantitative estimate of drug-likeness (QED) is 0.698. The lowest BCUT2D eigenvalue weighted by molar-refractivity contribution is -0.134. The van der Waals surface area contributed by atoms with Crippen LogP contribution in [0.3, 0.4) is 0 Å². The number of para-hydroxylation sites is 1. The van der Waals surface area contributed by atoms with Gasteiger partial charge in [-0.1, -0.05) is 25.1 Å². The van der Waals surface area contributed by atoms with Gasteiger partial charge in [0.2, 0.25) is 5.71 Å². The average Bonchev–Trinajstić information content (AvgIpc) is 2.27. The van der Waals surface area contributed by atoms with E-state index in [1.165, 1.54) is 0 Å². The summed E-state index contributed by atoms with van der Waals surface area (Å²) in [6.07, 6.45) is 1.15. The molecule has 2 rings (SSSR count). The van der Waals surface area contributed by atoms with E-state index in [-0.39, 0.29) is 12.4 Å². The molecule has 84 valence electrons. The molecule has 1 aromatic carbocycles. The van der Waals surface area contributed by atoms with E-state index < -0.39 is 5.97 Å². The Morgan fingerprint density at radius 3 is 2.81 bits per heavy atom. The van der Waals surface area contributed by atoms with Crippen molar-refractivity contribution in [1.29, 1.82) is 0 Å². The molecule has 0 amide bonds. The van der Waals surface area contributed by atoms with Crippen LogP contribution in [0.25, 0.3) is 0 Å². The Morgan fingerprint density at radius 1 is 1.50 bits per heavy atom. The zero-order chi connectivity index (χ0) is 10.8. The third-order valence-electron chi connectivity index (χ3n) is 2.56. The third kappa shape index (κ3) is 2.19. The first kappa shape index (κ1) is 12.6. The third-order valence-corrected chi connectivity index (χ3v) is 2.56. The van der Waals surface area contributed by atoms with Gasteiger partial charge in [0, 0.05) is 12.0 Å². The van der Waals surface area contributed by atoms with Crippen molar-refractivity contribution in [3.8, 4) is 0 Å². The maximum absolute atomic E-state index is 11.0. The molecule has 0 fully saturated rings. The van der Waals surface area contributed by atoms with Crippen LogP contribution in [0.5, 0.6) is 0 Å². The number of carboxylic acid groups (broad SMARTS) is 1. The van der Waals surface area contributed by atoms with Gasteiger partial charge in [-0.05, 0) is 6.07 Å². The van der Waals surface area contributed by atoms with Crippen molar-refractivity contribution in [1.82, 2.24) is 0 Å². The second-order valence-corrected chi connectivity index (χ2v) is 3.50. The highest BCUT2D eigenvalue weighted by molar-refractivity contribution is 6.17. The van der Waals surface area contributed by atoms with Gasteiger partial charge < -0.3 is 17.5 Å². The first-order valence-corrected chi connectivity index (χ1v) is 4.97. The molecule has 0 aromatic heterocycles. The molecule has 0 spiro atoms. The second kappa shape index (κ2) is 5.03. The number of rotatable bonds is 2. The molecule has 0 aliphatic carbocycles. The van der Waals surface area contributed by atoms with Crippen LogP contribution >= 0.6 is 0 Å². The zero-order valence-electron chi connectivity index (χ0n) is 8.90. The summed E-state index contributed by atoms with van der Waals surface area (Å²) in [6.45, 7) is 1.93. The highest BCUT2D eigenvalue weighted by Crippen LogP contribution is 2.30. The molecule has 0 saturated carbocycles. The van der Waals surface area contributed by atoms with Crippen LogP contribution in [-0.2, 0) is 11.2 Å². The van der Waals surface area contributed by atoms with Crippen molar-refractivity contribution in [3.63, 3.8) is 0 Å². The van der Waals surface area contributed by atoms with Crippen molar-refractivity contribution in [2.75, 3.05) is 0 Å². The number of halogens is 1. The predicted octanol–water partition coefficient (Wildman–Crippen LogP) is -0.612. The second-order valence-electron chi connectivity index (χ2n) is 3.50. The minimum absolute atomic E-state index is 0. The van der Waals surface area contributed by atoms with Crippen LogP contribution in [0.1, 0.15) is 18.9 Å². The summed E-state index contributed by atoms with van der Waals surface area (Å²) in [6, 6.07) is 7.67. The van der Waals surface area contributed by atoms with Crippen LogP contribution < -0.4 is 12.4 Å². The Bertz CT molecular complexity index is 429. The van der Waals surface area contributed by atoms with Gasteiger partial charge in [0.15, 0.2) is 0 Å². The Hall–Kier alpha value is -1.48. The molecule has 3 nitrogen and oxygen atoms in total. The number of hydrogen-bond acceptors (Lipinski definition) is 2. The molecule has 1 aromatic rings. The summed E-state index contributed by atoms with van der Waals surface area (Å²) in [5.74, 6) is -0.429. The predicted molar refractivity (Wildman–Crippen MR) is 58.4 cm³/mol. The highest BCUT2D eigenvalue weighted by atomic mass is 35.5. The van der Waals surface area contributed by atoms with E-state index >= 15 is 0 Å². The summed E-state index contributed by atoms with van der Waals surface area (Å²) in [7, 11) is 0. The van der Waals surface area contributed by atoms with E-state index in [9.17, 15) is 4.79 Å². The lowest BCUT2D eigenvalue weighted by atomic mass is 9.89. The van der Waals surface area contributed by atoms with Crippen molar-refractivity contribution in [3.05, 3.63) is 35.7 Å². The topological polar surface area (TPSA) is 49.7 Å². The fraction of sp³-hybridized carbons (Fsp3) is 0.250. The first-order valence-electron chi connectivity index (χ1n) is 4.97. The van der Waals surface area contributed by atoms with E-state index in [1.54, 1.807) is 0 Å². The van der Waals surface area contributed by atoms with Crippen molar-refractivity contribution < 1.29 is 22.3 Å². The number of carbonyl (C=O) groups is 1. The molecule has 0 radical (unpaired) electrons. The van der Waals surface area contributed by atoms with Crippen LogP contribution in [0.4, 0.5) is 5.69 Å². The number of fused-ring (bicyclic) bond motifs is 1. The van der Waals surface area contributed by atoms with Crippen LogP contribution in [0.15, 0.2) is 29.3 Å². The highest BCUT2D eigenvalue weighted by Gasteiger charge is 2.40. The largest absolute Gasteiger partial charge is 1.00 e. The summed E-state index contributed by atoms with van der Waals surface area (Å²) in [4.78, 5) is 15.4. The monoisotopic (exact) mass is 237 g/mol. The van der Waals surface area contributed by atoms with E-state index in [2.05, 4.69) is 4.99 Å². The molecule has 4 heteroatoms. The number of hydrogen-bond donors (Lipinski definition) is 1. The van der Waals surface area contributed by atoms with Gasteiger partial charge in [0.05, 0.1) is 5.69 Å². The lowest BCUT2D eigenvalue weighted by Gasteiger charge is -2.11. The minimum atomic E-state index is -0.856. The van der Waals surface area contributed by atoms with Gasteiger partial charge in [0.1, 0.15) is 6.42 Å². The average molecular weight is 238 g/mol. The zero-order valence-corrected chi connectivity index (χ0v) is 9.66. The molecule has 0 bridgehead atoms. The van der Waals surface area contributed by atoms with Crippen molar-refractivity contribution in [2.24, 2.45) is 4.99 Å². The molecule has 0 unspecified atom stereocenters. The van der Waals surface area contributed by atoms with Gasteiger partial charge >= 0.3 is 5.97 Å². The van der Waals surface area contributed by atoms with Gasteiger partial charge in [0.25, 0.3) is 5.92 Å². The van der Waals surface area contributed by atoms with Crippen molar-refractivity contribution in [2.45, 2.75) is 19.8 Å². The fourth-order valence-corrected chi connectivity index (χ4v) is 1.77. The molecule has 1 N–H and O–H groups in total. The number of carboxylic acids is 1. The molecule has 1 heterocycles. The van der Waals surface area contributed by atoms with Gasteiger partial charge in [-0.3, -0.25) is 0 Å². The van der Waals surface area contributed by atoms with E-state index in [4.69, 9.17) is 5.11 Å². The molecule has 1 aliphatic heterocycles. The lowest BCUT2D eigenvalue weighted by Crippen LogP contribution is -3.00. The summed E-state index contributed by atoms with van der Waals surface area (Å²) >= 11 is 0. The number of benzene rings is 1. The number of nitrogens with zero attached hydrogens (tertiary/aromatic N) is 1. The molecular formula is C12H12ClNO2. The van der Waals surface area contributed by atoms with Crippen LogP contribution in [-0.4, -0.2) is 16.8 Å². The number of aliphatic carboxylic acids is 1. The van der Waals surface area contributed by atoms with Crippen LogP contribution in [0.2, 0.25) is 0 Å². The summed E-state index contributed by atoms with van der Waals surface area (Å²) in [5.41, 5.74) is 2.59. The Morgan fingerprint density at radius 2 is 2.19 bits per heavy atom. The Labute approximate surface area is 101 Å². The van der Waals surface area contributed by atoms with Gasteiger partial charge in [-0.2, -0.15) is 4.79 Å². The fourth-order valence-electron chi connectivity index (χ4n) is 1.77. The molecular weight excluding hydrogens is 226 g/mol. The Balaban J connectivity index is 0.00000128. The van der Waals surface area contributed by atoms with E-state index in [1.807, 2.05) is 31.2 Å². The van der Waals surface area contributed by atoms with Crippen molar-refractivity contribution >= 4 is 17.4 Å². The molecule has 0 saturated heterocycles. The maximum Gasteiger partial charge on any atom is 0.504 e. The van der Waals surface area contributed by atoms with Gasteiger partial charge in [-0.15, -0.1) is 0 Å². The first-order chi connectivity index (χ1) is 7.22. The molecule has 1 aliphatic rings. The standard InChI is InChI=1S/C12H11NO2.ClH/c1-2-10-9(12(14)15)7-8-5-3-4-6-11(8)13-10;/h3-6H,2,7H2,1H3;1H. The number of aliphatic imine (C=N–C) groups is 1. The Kier molecular flexibility index (Phi) is 3.96. The van der Waals surface area contributed by atoms with Crippen LogP contribution in [0, 0.1) is 5.92 Å². The minimum Gasteiger partial charge on any atom is -1.00 e. The molecule has 0 atom stereocenters. The SMILES string of the molecule is CCC1=Nc2ccccc2C[C+]1C(=O)O.[Cl-]. The summed E-state index contributed by atoms with van der Waals surface area (Å²) in [5, 5.41) is 9.05. The molecule has 16 heavy (non-hydrogen) atoms. The smallest absolute Gasteiger partial charge is 0.504 e.